The number of aliphatic hydroxyl groups is 1. The summed E-state index contributed by atoms with van der Waals surface area (Å²) >= 11 is 0. The predicted molar refractivity (Wildman–Crippen MR) is 81.5 cm³/mol. The van der Waals surface area contributed by atoms with Crippen LogP contribution in [0.3, 0.4) is 0 Å². The van der Waals surface area contributed by atoms with Gasteiger partial charge in [0.15, 0.2) is 0 Å². The number of hydrogen-bond donors (Lipinski definition) is 2. The third-order valence-corrected chi connectivity index (χ3v) is 3.40. The lowest BCUT2D eigenvalue weighted by molar-refractivity contribution is 0.0945. The Bertz CT molecular complexity index is 593. The van der Waals surface area contributed by atoms with E-state index >= 15 is 0 Å². The van der Waals surface area contributed by atoms with Crippen LogP contribution in [0.15, 0.2) is 36.5 Å². The van der Waals surface area contributed by atoms with Gasteiger partial charge in [-0.25, -0.2) is 4.68 Å². The number of amides is 1. The van der Waals surface area contributed by atoms with Crippen molar-refractivity contribution in [1.82, 2.24) is 15.1 Å². The summed E-state index contributed by atoms with van der Waals surface area (Å²) < 4.78 is 1.71. The molecule has 0 spiro atoms. The minimum absolute atomic E-state index is 0.125. The van der Waals surface area contributed by atoms with Crippen LogP contribution < -0.4 is 5.32 Å². The van der Waals surface area contributed by atoms with E-state index in [0.29, 0.717) is 24.2 Å². The first-order valence-electron chi connectivity index (χ1n) is 7.12. The number of benzene rings is 1. The molecule has 0 aliphatic heterocycles. The molecule has 0 fully saturated rings. The smallest absolute Gasteiger partial charge is 0.254 e. The highest BCUT2D eigenvalue weighted by atomic mass is 16.3. The second kappa shape index (κ2) is 7.04. The third-order valence-electron chi connectivity index (χ3n) is 3.40. The highest BCUT2D eigenvalue weighted by Crippen LogP contribution is 2.12. The Balaban J connectivity index is 2.07. The van der Waals surface area contributed by atoms with Gasteiger partial charge < -0.3 is 10.4 Å². The van der Waals surface area contributed by atoms with Crippen LogP contribution in [0.1, 0.15) is 29.4 Å². The molecule has 0 bridgehead atoms. The lowest BCUT2D eigenvalue weighted by atomic mass is 10.1. The molecular weight excluding hydrogens is 266 g/mol. The molecule has 1 heterocycles. The van der Waals surface area contributed by atoms with E-state index in [9.17, 15) is 4.79 Å². The zero-order chi connectivity index (χ0) is 15.2. The van der Waals surface area contributed by atoms with Crippen molar-refractivity contribution in [2.24, 2.45) is 5.92 Å². The Morgan fingerprint density at radius 3 is 2.76 bits per heavy atom. The van der Waals surface area contributed by atoms with Gasteiger partial charge in [-0.2, -0.15) is 5.10 Å². The molecule has 2 N–H and O–H groups in total. The van der Waals surface area contributed by atoms with Gasteiger partial charge in [-0.1, -0.05) is 25.1 Å². The summed E-state index contributed by atoms with van der Waals surface area (Å²) in [7, 11) is 0. The zero-order valence-electron chi connectivity index (χ0n) is 12.4. The average Bonchev–Trinajstić information content (AvgIpc) is 2.88. The van der Waals surface area contributed by atoms with Crippen molar-refractivity contribution in [3.63, 3.8) is 0 Å². The topological polar surface area (TPSA) is 67.2 Å². The SMILES string of the molecule is Cc1nn(-c2ccccc2)cc1C(=O)NCC(C)CCO. The standard InChI is InChI=1S/C16H21N3O2/c1-12(8-9-20)10-17-16(21)15-11-19(18-13(15)2)14-6-4-3-5-7-14/h3-7,11-12,20H,8-10H2,1-2H3,(H,17,21). The summed E-state index contributed by atoms with van der Waals surface area (Å²) in [5.74, 6) is 0.128. The molecule has 2 rings (SSSR count). The fraction of sp³-hybridized carbons (Fsp3) is 0.375. The van der Waals surface area contributed by atoms with Gasteiger partial charge in [0.25, 0.3) is 5.91 Å². The number of carbonyl (C=O) groups is 1. The van der Waals surface area contributed by atoms with Crippen LogP contribution in [-0.2, 0) is 0 Å². The van der Waals surface area contributed by atoms with E-state index < -0.39 is 0 Å². The molecule has 0 aliphatic rings. The largest absolute Gasteiger partial charge is 0.396 e. The number of aliphatic hydroxyl groups excluding tert-OH is 1. The number of aromatic nitrogens is 2. The van der Waals surface area contributed by atoms with E-state index in [0.717, 1.165) is 5.69 Å². The van der Waals surface area contributed by atoms with Gasteiger partial charge in [-0.3, -0.25) is 4.79 Å². The average molecular weight is 287 g/mol. The summed E-state index contributed by atoms with van der Waals surface area (Å²) in [4.78, 5) is 12.2. The molecule has 5 heteroatoms. The number of rotatable bonds is 6. The molecule has 5 nitrogen and oxygen atoms in total. The van der Waals surface area contributed by atoms with Crippen LogP contribution in [0.25, 0.3) is 5.69 Å². The van der Waals surface area contributed by atoms with Crippen LogP contribution in [-0.4, -0.2) is 33.9 Å². The van der Waals surface area contributed by atoms with Crippen molar-refractivity contribution in [3.05, 3.63) is 47.8 Å². The van der Waals surface area contributed by atoms with E-state index in [-0.39, 0.29) is 18.4 Å². The Hall–Kier alpha value is -2.14. The first kappa shape index (κ1) is 15.3. The molecule has 1 unspecified atom stereocenters. The number of nitrogens with zero attached hydrogens (tertiary/aromatic N) is 2. The van der Waals surface area contributed by atoms with E-state index in [1.165, 1.54) is 0 Å². The maximum Gasteiger partial charge on any atom is 0.254 e. The maximum atomic E-state index is 12.2. The van der Waals surface area contributed by atoms with Crippen LogP contribution in [0.4, 0.5) is 0 Å². The van der Waals surface area contributed by atoms with Gasteiger partial charge in [0.05, 0.1) is 16.9 Å². The molecule has 0 radical (unpaired) electrons. The second-order valence-electron chi connectivity index (χ2n) is 5.24. The lowest BCUT2D eigenvalue weighted by Gasteiger charge is -2.10. The molecule has 21 heavy (non-hydrogen) atoms. The summed E-state index contributed by atoms with van der Waals surface area (Å²) in [6, 6.07) is 9.69. The van der Waals surface area contributed by atoms with Gasteiger partial charge in [-0.05, 0) is 31.4 Å². The van der Waals surface area contributed by atoms with Crippen molar-refractivity contribution in [3.8, 4) is 5.69 Å². The van der Waals surface area contributed by atoms with E-state index in [1.807, 2.05) is 44.2 Å². The van der Waals surface area contributed by atoms with Gasteiger partial charge in [0, 0.05) is 19.3 Å². The number of nitrogens with one attached hydrogen (secondary N) is 1. The molecule has 1 atom stereocenters. The number of hydrogen-bond acceptors (Lipinski definition) is 3. The van der Waals surface area contributed by atoms with Crippen LogP contribution in [0.5, 0.6) is 0 Å². The molecule has 1 aromatic carbocycles. The van der Waals surface area contributed by atoms with Crippen LogP contribution in [0, 0.1) is 12.8 Å². The quantitative estimate of drug-likeness (QED) is 0.853. The molecule has 1 aromatic heterocycles. The van der Waals surface area contributed by atoms with E-state index in [1.54, 1.807) is 10.9 Å². The van der Waals surface area contributed by atoms with Gasteiger partial charge in [0.2, 0.25) is 0 Å². The fourth-order valence-electron chi connectivity index (χ4n) is 2.08. The Morgan fingerprint density at radius 1 is 1.38 bits per heavy atom. The third kappa shape index (κ3) is 3.92. The minimum Gasteiger partial charge on any atom is -0.396 e. The molecule has 0 saturated carbocycles. The van der Waals surface area contributed by atoms with E-state index in [4.69, 9.17) is 5.11 Å². The first-order valence-corrected chi connectivity index (χ1v) is 7.12. The van der Waals surface area contributed by atoms with Gasteiger partial charge >= 0.3 is 0 Å². The van der Waals surface area contributed by atoms with Crippen LogP contribution in [0.2, 0.25) is 0 Å². The normalized spacial score (nSPS) is 12.1. The van der Waals surface area contributed by atoms with Gasteiger partial charge in [-0.15, -0.1) is 0 Å². The number of carbonyl (C=O) groups excluding carboxylic acids is 1. The molecular formula is C16H21N3O2. The van der Waals surface area contributed by atoms with Gasteiger partial charge in [0.1, 0.15) is 0 Å². The highest BCUT2D eigenvalue weighted by molar-refractivity contribution is 5.95. The molecule has 0 aliphatic carbocycles. The fourth-order valence-corrected chi connectivity index (χ4v) is 2.08. The van der Waals surface area contributed by atoms with Crippen molar-refractivity contribution in [1.29, 1.82) is 0 Å². The summed E-state index contributed by atoms with van der Waals surface area (Å²) in [6.07, 6.45) is 2.43. The Morgan fingerprint density at radius 2 is 2.10 bits per heavy atom. The summed E-state index contributed by atoms with van der Waals surface area (Å²) in [5, 5.41) is 16.1. The molecule has 2 aromatic rings. The Kier molecular flexibility index (Phi) is 5.11. The van der Waals surface area contributed by atoms with E-state index in [2.05, 4.69) is 10.4 Å². The van der Waals surface area contributed by atoms with Crippen LogP contribution >= 0.6 is 0 Å². The predicted octanol–water partition coefficient (Wildman–Crippen LogP) is 1.93. The Labute approximate surface area is 124 Å². The first-order chi connectivity index (χ1) is 10.1. The van der Waals surface area contributed by atoms with Crippen molar-refractivity contribution in [2.75, 3.05) is 13.2 Å². The van der Waals surface area contributed by atoms with Crippen molar-refractivity contribution >= 4 is 5.91 Å². The summed E-state index contributed by atoms with van der Waals surface area (Å²) in [5.41, 5.74) is 2.20. The molecule has 112 valence electrons. The minimum atomic E-state index is -0.125. The lowest BCUT2D eigenvalue weighted by Crippen LogP contribution is -2.28. The maximum absolute atomic E-state index is 12.2. The zero-order valence-corrected chi connectivity index (χ0v) is 12.4. The monoisotopic (exact) mass is 287 g/mol. The number of aryl methyl sites for hydroxylation is 1. The molecule has 1 amide bonds. The van der Waals surface area contributed by atoms with Crippen molar-refractivity contribution < 1.29 is 9.90 Å². The second-order valence-corrected chi connectivity index (χ2v) is 5.24. The molecule has 0 saturated heterocycles. The highest BCUT2D eigenvalue weighted by Gasteiger charge is 2.14. The van der Waals surface area contributed by atoms with Crippen molar-refractivity contribution in [2.45, 2.75) is 20.3 Å². The summed E-state index contributed by atoms with van der Waals surface area (Å²) in [6.45, 7) is 4.51. The number of para-hydroxylation sites is 1.